The Morgan fingerprint density at radius 1 is 1.50 bits per heavy atom. The molecule has 3 heteroatoms. The summed E-state index contributed by atoms with van der Waals surface area (Å²) < 4.78 is 0. The molecule has 12 heavy (non-hydrogen) atoms. The van der Waals surface area contributed by atoms with E-state index < -0.39 is 0 Å². The number of hydrogen-bond acceptors (Lipinski definition) is 2. The van der Waals surface area contributed by atoms with Crippen molar-refractivity contribution in [3.8, 4) is 6.07 Å². The number of rotatable bonds is 0. The summed E-state index contributed by atoms with van der Waals surface area (Å²) in [6, 6.07) is 1.69. The van der Waals surface area contributed by atoms with Crippen LogP contribution in [-0.4, -0.2) is 12.5 Å². The lowest BCUT2D eigenvalue weighted by Gasteiger charge is -1.93. The molecule has 1 heterocycles. The Bertz CT molecular complexity index is 171. The molecule has 0 aliphatic carbocycles. The van der Waals surface area contributed by atoms with E-state index in [1.807, 2.05) is 0 Å². The van der Waals surface area contributed by atoms with Gasteiger partial charge < -0.3 is 5.32 Å². The molecule has 0 aromatic carbocycles. The van der Waals surface area contributed by atoms with Crippen molar-refractivity contribution in [3.63, 3.8) is 0 Å². The van der Waals surface area contributed by atoms with Crippen LogP contribution in [0.2, 0.25) is 0 Å². The van der Waals surface area contributed by atoms with Crippen molar-refractivity contribution in [2.24, 2.45) is 0 Å². The normalized spacial score (nSPS) is 15.8. The first-order chi connectivity index (χ1) is 5.81. The van der Waals surface area contributed by atoms with Gasteiger partial charge in [0.15, 0.2) is 0 Å². The zero-order valence-corrected chi connectivity index (χ0v) is 7.18. The van der Waals surface area contributed by atoms with Gasteiger partial charge in [0.2, 0.25) is 5.91 Å². The predicted octanol–water partition coefficient (Wildman–Crippen LogP) is 1.37. The topological polar surface area (TPSA) is 52.9 Å². The first-order valence-electron chi connectivity index (χ1n) is 4.08. The van der Waals surface area contributed by atoms with Gasteiger partial charge >= 0.3 is 0 Å². The first kappa shape index (κ1) is 10.7. The van der Waals surface area contributed by atoms with Gasteiger partial charge in [-0.15, -0.1) is 0 Å². The van der Waals surface area contributed by atoms with Gasteiger partial charge in [-0.05, 0) is 12.8 Å². The highest BCUT2D eigenvalue weighted by Crippen LogP contribution is 2.02. The summed E-state index contributed by atoms with van der Waals surface area (Å²) in [5, 5.41) is 10.3. The molecule has 0 radical (unpaired) electrons. The van der Waals surface area contributed by atoms with E-state index in [0.29, 0.717) is 0 Å². The van der Waals surface area contributed by atoms with Crippen LogP contribution in [0.1, 0.15) is 25.7 Å². The smallest absolute Gasteiger partial charge is 0.219 e. The minimum absolute atomic E-state index is 0.225. The van der Waals surface area contributed by atoms with E-state index in [1.54, 1.807) is 6.07 Å². The third kappa shape index (κ3) is 6.81. The molecule has 66 valence electrons. The van der Waals surface area contributed by atoms with Gasteiger partial charge in [-0.3, -0.25) is 4.79 Å². The number of nitriles is 1. The van der Waals surface area contributed by atoms with E-state index in [0.717, 1.165) is 25.8 Å². The molecule has 1 rings (SSSR count). The largest absolute Gasteiger partial charge is 0.356 e. The minimum atomic E-state index is 0.225. The van der Waals surface area contributed by atoms with Crippen LogP contribution in [0.25, 0.3) is 0 Å². The standard InChI is InChI=1S/C6H11NO.C3H3N/c8-6-4-2-1-3-5-7-6;1-2-3-4/h1-5H2,(H,7,8);2H,1H2. The molecule has 1 N–H and O–H groups in total. The van der Waals surface area contributed by atoms with Crippen molar-refractivity contribution in [2.45, 2.75) is 25.7 Å². The maximum atomic E-state index is 10.6. The SMILES string of the molecule is C=CC#N.O=C1CCCCCN1. The number of allylic oxidation sites excluding steroid dienone is 1. The zero-order chi connectivity index (χ0) is 9.23. The number of hydrogen-bond donors (Lipinski definition) is 1. The number of nitrogens with one attached hydrogen (secondary N) is 1. The fourth-order valence-electron chi connectivity index (χ4n) is 0.904. The number of amides is 1. The molecule has 1 aliphatic rings. The molecule has 1 amide bonds. The summed E-state index contributed by atoms with van der Waals surface area (Å²) in [5.74, 6) is 0.225. The molecule has 3 nitrogen and oxygen atoms in total. The Hall–Kier alpha value is -1.30. The van der Waals surface area contributed by atoms with Crippen LogP contribution in [0.4, 0.5) is 0 Å². The van der Waals surface area contributed by atoms with Crippen LogP contribution in [0.15, 0.2) is 12.7 Å². The lowest BCUT2D eigenvalue weighted by atomic mass is 10.2. The van der Waals surface area contributed by atoms with E-state index in [4.69, 9.17) is 5.26 Å². The fraction of sp³-hybridized carbons (Fsp3) is 0.556. The molecule has 0 aromatic heterocycles. The van der Waals surface area contributed by atoms with E-state index >= 15 is 0 Å². The minimum Gasteiger partial charge on any atom is -0.356 e. The first-order valence-corrected chi connectivity index (χ1v) is 4.08. The van der Waals surface area contributed by atoms with Crippen molar-refractivity contribution in [1.29, 1.82) is 5.26 Å². The van der Waals surface area contributed by atoms with E-state index in [-0.39, 0.29) is 5.91 Å². The van der Waals surface area contributed by atoms with Crippen LogP contribution in [0.3, 0.4) is 0 Å². The van der Waals surface area contributed by atoms with Gasteiger partial charge in [-0.1, -0.05) is 13.0 Å². The molecular weight excluding hydrogens is 152 g/mol. The van der Waals surface area contributed by atoms with Gasteiger partial charge in [0, 0.05) is 19.0 Å². The Morgan fingerprint density at radius 3 is 2.75 bits per heavy atom. The molecule has 0 aromatic rings. The summed E-state index contributed by atoms with van der Waals surface area (Å²) in [6.45, 7) is 4.01. The van der Waals surface area contributed by atoms with Crippen LogP contribution >= 0.6 is 0 Å². The highest BCUT2D eigenvalue weighted by atomic mass is 16.1. The molecule has 0 saturated carbocycles. The van der Waals surface area contributed by atoms with Crippen LogP contribution < -0.4 is 5.32 Å². The third-order valence-electron chi connectivity index (χ3n) is 1.49. The lowest BCUT2D eigenvalue weighted by Crippen LogP contribution is -2.21. The van der Waals surface area contributed by atoms with E-state index in [2.05, 4.69) is 11.9 Å². The molecule has 1 fully saturated rings. The molecule has 0 atom stereocenters. The second-order valence-electron chi connectivity index (χ2n) is 2.49. The molecule has 0 unspecified atom stereocenters. The molecule has 1 aliphatic heterocycles. The van der Waals surface area contributed by atoms with Gasteiger partial charge in [0.05, 0.1) is 6.07 Å². The van der Waals surface area contributed by atoms with Crippen molar-refractivity contribution in [1.82, 2.24) is 5.32 Å². The average molecular weight is 166 g/mol. The summed E-state index contributed by atoms with van der Waals surface area (Å²) >= 11 is 0. The number of carbonyl (C=O) groups excluding carboxylic acids is 1. The maximum Gasteiger partial charge on any atom is 0.219 e. The van der Waals surface area contributed by atoms with Crippen molar-refractivity contribution >= 4 is 5.91 Å². The fourth-order valence-corrected chi connectivity index (χ4v) is 0.904. The Kier molecular flexibility index (Phi) is 6.96. The highest BCUT2D eigenvalue weighted by molar-refractivity contribution is 5.75. The molecular formula is C9H14N2O. The lowest BCUT2D eigenvalue weighted by molar-refractivity contribution is -0.120. The van der Waals surface area contributed by atoms with Crippen LogP contribution in [0, 0.1) is 11.3 Å². The Morgan fingerprint density at radius 2 is 2.17 bits per heavy atom. The van der Waals surface area contributed by atoms with E-state index in [1.165, 1.54) is 12.5 Å². The van der Waals surface area contributed by atoms with Gasteiger partial charge in [0.25, 0.3) is 0 Å². The maximum absolute atomic E-state index is 10.6. The van der Waals surface area contributed by atoms with Crippen LogP contribution in [0.5, 0.6) is 0 Å². The Balaban J connectivity index is 0.000000261. The second kappa shape index (κ2) is 7.80. The zero-order valence-electron chi connectivity index (χ0n) is 7.18. The van der Waals surface area contributed by atoms with Crippen molar-refractivity contribution in [3.05, 3.63) is 12.7 Å². The quantitative estimate of drug-likeness (QED) is 0.552. The summed E-state index contributed by atoms with van der Waals surface area (Å²) in [5.41, 5.74) is 0. The summed E-state index contributed by atoms with van der Waals surface area (Å²) in [4.78, 5) is 10.6. The van der Waals surface area contributed by atoms with Gasteiger partial charge in [-0.2, -0.15) is 5.26 Å². The summed E-state index contributed by atoms with van der Waals surface area (Å²) in [7, 11) is 0. The molecule has 1 saturated heterocycles. The van der Waals surface area contributed by atoms with Crippen molar-refractivity contribution < 1.29 is 4.79 Å². The van der Waals surface area contributed by atoms with E-state index in [9.17, 15) is 4.79 Å². The number of carbonyl (C=O) groups is 1. The van der Waals surface area contributed by atoms with Gasteiger partial charge in [-0.25, -0.2) is 0 Å². The Labute approximate surface area is 73.1 Å². The number of nitrogens with zero attached hydrogens (tertiary/aromatic N) is 1. The van der Waals surface area contributed by atoms with Crippen LogP contribution in [-0.2, 0) is 4.79 Å². The monoisotopic (exact) mass is 166 g/mol. The summed E-state index contributed by atoms with van der Waals surface area (Å²) in [6.07, 6.45) is 5.36. The predicted molar refractivity (Wildman–Crippen MR) is 47.3 cm³/mol. The third-order valence-corrected chi connectivity index (χ3v) is 1.49. The highest BCUT2D eigenvalue weighted by Gasteiger charge is 2.03. The second-order valence-corrected chi connectivity index (χ2v) is 2.49. The van der Waals surface area contributed by atoms with Gasteiger partial charge in [0.1, 0.15) is 0 Å². The molecule has 0 bridgehead atoms. The molecule has 0 spiro atoms. The average Bonchev–Trinajstić information content (AvgIpc) is 2.33. The van der Waals surface area contributed by atoms with Crippen molar-refractivity contribution in [2.75, 3.05) is 6.54 Å².